The molecule has 0 spiro atoms. The Morgan fingerprint density at radius 2 is 2.06 bits per heavy atom. The van der Waals surface area contributed by atoms with Gasteiger partial charge in [-0.25, -0.2) is 0 Å². The molecule has 0 amide bonds. The zero-order valence-corrected chi connectivity index (χ0v) is 11.9. The van der Waals surface area contributed by atoms with Crippen LogP contribution in [0.2, 0.25) is 0 Å². The number of nitrogens with zero attached hydrogens (tertiary/aromatic N) is 2. The molecule has 5 heteroatoms. The number of likely N-dealkylation sites (N-methyl/N-ethyl adjacent to an activating group) is 1. The van der Waals surface area contributed by atoms with Gasteiger partial charge in [0, 0.05) is 12.2 Å². The summed E-state index contributed by atoms with van der Waals surface area (Å²) in [6.45, 7) is 8.56. The van der Waals surface area contributed by atoms with E-state index in [0.717, 1.165) is 24.4 Å². The van der Waals surface area contributed by atoms with Crippen molar-refractivity contribution in [3.8, 4) is 0 Å². The minimum Gasteiger partial charge on any atom is -0.480 e. The average Bonchev–Trinajstić information content (AvgIpc) is 2.56. The molecule has 1 aromatic heterocycles. The summed E-state index contributed by atoms with van der Waals surface area (Å²) in [5, 5.41) is 16.5. The van der Waals surface area contributed by atoms with Gasteiger partial charge in [0.2, 0.25) is 0 Å². The van der Waals surface area contributed by atoms with E-state index in [1.165, 1.54) is 5.56 Å². The lowest BCUT2D eigenvalue weighted by Crippen LogP contribution is -2.47. The molecule has 5 nitrogen and oxygen atoms in total. The fourth-order valence-corrected chi connectivity index (χ4v) is 1.93. The van der Waals surface area contributed by atoms with Crippen LogP contribution in [0.5, 0.6) is 0 Å². The summed E-state index contributed by atoms with van der Waals surface area (Å²) in [6, 6.07) is 0. The number of rotatable bonds is 6. The molecule has 0 aliphatic rings. The number of aromatic nitrogens is 2. The monoisotopic (exact) mass is 253 g/mol. The Morgan fingerprint density at radius 1 is 1.44 bits per heavy atom. The summed E-state index contributed by atoms with van der Waals surface area (Å²) in [5.41, 5.74) is 2.56. The van der Waals surface area contributed by atoms with Gasteiger partial charge in [-0.1, -0.05) is 0 Å². The standard InChI is InChI=1S/C13H23N3O2/c1-9-10(2)15-16(11(9)3)8-6-7-13(4,14-5)12(17)18/h14H,6-8H2,1-5H3,(H,17,18). The Hall–Kier alpha value is -1.36. The molecular formula is C13H23N3O2. The second kappa shape index (κ2) is 5.52. The summed E-state index contributed by atoms with van der Waals surface area (Å²) in [7, 11) is 1.68. The molecule has 0 aromatic carbocycles. The summed E-state index contributed by atoms with van der Waals surface area (Å²) in [6.07, 6.45) is 1.36. The predicted octanol–water partition coefficient (Wildman–Crippen LogP) is 1.65. The van der Waals surface area contributed by atoms with E-state index in [9.17, 15) is 4.79 Å². The zero-order valence-electron chi connectivity index (χ0n) is 11.9. The lowest BCUT2D eigenvalue weighted by molar-refractivity contribution is -0.144. The summed E-state index contributed by atoms with van der Waals surface area (Å²) in [4.78, 5) is 11.1. The third-order valence-electron chi connectivity index (χ3n) is 3.81. The molecule has 18 heavy (non-hydrogen) atoms. The first kappa shape index (κ1) is 14.7. The Morgan fingerprint density at radius 3 is 2.44 bits per heavy atom. The first-order valence-electron chi connectivity index (χ1n) is 6.24. The average molecular weight is 253 g/mol. The predicted molar refractivity (Wildman–Crippen MR) is 70.8 cm³/mol. The van der Waals surface area contributed by atoms with Crippen LogP contribution in [-0.2, 0) is 11.3 Å². The number of aryl methyl sites for hydroxylation is 2. The maximum absolute atomic E-state index is 11.1. The number of carboxylic acids is 1. The molecular weight excluding hydrogens is 230 g/mol. The first-order chi connectivity index (χ1) is 8.31. The van der Waals surface area contributed by atoms with Crippen molar-refractivity contribution in [3.63, 3.8) is 0 Å². The molecule has 1 unspecified atom stereocenters. The zero-order chi connectivity index (χ0) is 13.9. The van der Waals surface area contributed by atoms with Crippen molar-refractivity contribution in [1.82, 2.24) is 15.1 Å². The van der Waals surface area contributed by atoms with Crippen LogP contribution in [-0.4, -0.2) is 33.4 Å². The van der Waals surface area contributed by atoms with Crippen molar-refractivity contribution in [2.24, 2.45) is 0 Å². The lowest BCUT2D eigenvalue weighted by atomic mass is 9.96. The van der Waals surface area contributed by atoms with Crippen LogP contribution >= 0.6 is 0 Å². The molecule has 0 radical (unpaired) electrons. The van der Waals surface area contributed by atoms with Gasteiger partial charge >= 0.3 is 5.97 Å². The third kappa shape index (κ3) is 2.90. The van der Waals surface area contributed by atoms with E-state index in [1.54, 1.807) is 14.0 Å². The molecule has 0 saturated heterocycles. The van der Waals surface area contributed by atoms with Crippen molar-refractivity contribution < 1.29 is 9.90 Å². The molecule has 1 heterocycles. The van der Waals surface area contributed by atoms with Crippen molar-refractivity contribution in [3.05, 3.63) is 17.0 Å². The van der Waals surface area contributed by atoms with Crippen molar-refractivity contribution in [2.45, 2.75) is 52.6 Å². The highest BCUT2D eigenvalue weighted by molar-refractivity contribution is 5.78. The molecule has 1 aromatic rings. The second-order valence-corrected chi connectivity index (χ2v) is 5.01. The van der Waals surface area contributed by atoms with Crippen molar-refractivity contribution in [2.75, 3.05) is 7.05 Å². The number of aliphatic carboxylic acids is 1. The van der Waals surface area contributed by atoms with Gasteiger partial charge in [0.25, 0.3) is 0 Å². The molecule has 0 aliphatic heterocycles. The van der Waals surface area contributed by atoms with E-state index in [4.69, 9.17) is 5.11 Å². The minimum absolute atomic E-state index is 0.580. The van der Waals surface area contributed by atoms with Gasteiger partial charge in [-0.05, 0) is 53.1 Å². The third-order valence-corrected chi connectivity index (χ3v) is 3.81. The number of carbonyl (C=O) groups is 1. The van der Waals surface area contributed by atoms with E-state index in [1.807, 2.05) is 18.5 Å². The quantitative estimate of drug-likeness (QED) is 0.809. The molecule has 102 valence electrons. The highest BCUT2D eigenvalue weighted by Crippen LogP contribution is 2.15. The highest BCUT2D eigenvalue weighted by Gasteiger charge is 2.30. The fourth-order valence-electron chi connectivity index (χ4n) is 1.93. The minimum atomic E-state index is -0.856. The Kier molecular flexibility index (Phi) is 4.51. The highest BCUT2D eigenvalue weighted by atomic mass is 16.4. The molecule has 1 rings (SSSR count). The largest absolute Gasteiger partial charge is 0.480 e. The van der Waals surface area contributed by atoms with Gasteiger partial charge < -0.3 is 10.4 Å². The number of nitrogens with one attached hydrogen (secondary N) is 1. The molecule has 0 saturated carbocycles. The van der Waals surface area contributed by atoms with Gasteiger partial charge in [-0.3, -0.25) is 9.48 Å². The molecule has 0 fully saturated rings. The maximum Gasteiger partial charge on any atom is 0.323 e. The first-order valence-corrected chi connectivity index (χ1v) is 6.24. The molecule has 0 bridgehead atoms. The van der Waals surface area contributed by atoms with Crippen LogP contribution in [0.25, 0.3) is 0 Å². The Bertz CT molecular complexity index is 440. The lowest BCUT2D eigenvalue weighted by Gasteiger charge is -2.24. The Labute approximate surface area is 108 Å². The van der Waals surface area contributed by atoms with Gasteiger partial charge in [0.1, 0.15) is 5.54 Å². The SMILES string of the molecule is CNC(C)(CCCn1nc(C)c(C)c1C)C(=O)O. The second-order valence-electron chi connectivity index (χ2n) is 5.01. The number of hydrogen-bond donors (Lipinski definition) is 2. The van der Waals surface area contributed by atoms with E-state index >= 15 is 0 Å². The van der Waals surface area contributed by atoms with Gasteiger partial charge in [0.05, 0.1) is 5.69 Å². The summed E-state index contributed by atoms with van der Waals surface area (Å²) < 4.78 is 1.96. The normalized spacial score (nSPS) is 14.5. The fraction of sp³-hybridized carbons (Fsp3) is 0.692. The van der Waals surface area contributed by atoms with Crippen LogP contribution in [0.3, 0.4) is 0 Å². The van der Waals surface area contributed by atoms with Gasteiger partial charge in [-0.15, -0.1) is 0 Å². The van der Waals surface area contributed by atoms with Crippen LogP contribution in [0.4, 0.5) is 0 Å². The number of hydrogen-bond acceptors (Lipinski definition) is 3. The number of carboxylic acid groups (broad SMARTS) is 1. The molecule has 0 aliphatic carbocycles. The van der Waals surface area contributed by atoms with Crippen LogP contribution in [0.15, 0.2) is 0 Å². The van der Waals surface area contributed by atoms with Crippen LogP contribution in [0, 0.1) is 20.8 Å². The van der Waals surface area contributed by atoms with E-state index in [-0.39, 0.29) is 0 Å². The van der Waals surface area contributed by atoms with E-state index < -0.39 is 11.5 Å². The van der Waals surface area contributed by atoms with Crippen molar-refractivity contribution in [1.29, 1.82) is 0 Å². The van der Waals surface area contributed by atoms with Crippen LogP contribution in [0.1, 0.15) is 36.7 Å². The molecule has 2 N–H and O–H groups in total. The van der Waals surface area contributed by atoms with E-state index in [0.29, 0.717) is 6.42 Å². The topological polar surface area (TPSA) is 67.2 Å². The smallest absolute Gasteiger partial charge is 0.323 e. The summed E-state index contributed by atoms with van der Waals surface area (Å²) in [5.74, 6) is -0.811. The van der Waals surface area contributed by atoms with Crippen molar-refractivity contribution >= 4 is 5.97 Å². The molecule has 1 atom stereocenters. The van der Waals surface area contributed by atoms with Crippen LogP contribution < -0.4 is 5.32 Å². The van der Waals surface area contributed by atoms with Gasteiger partial charge in [-0.2, -0.15) is 5.10 Å². The van der Waals surface area contributed by atoms with E-state index in [2.05, 4.69) is 17.3 Å². The van der Waals surface area contributed by atoms with Gasteiger partial charge in [0.15, 0.2) is 0 Å². The summed E-state index contributed by atoms with van der Waals surface area (Å²) >= 11 is 0. The Balaban J connectivity index is 2.61. The maximum atomic E-state index is 11.1.